The number of hydrogen-bond acceptors (Lipinski definition) is 6. The number of amides is 1. The third kappa shape index (κ3) is 7.82. The normalized spacial score (nSPS) is 12.7. The summed E-state index contributed by atoms with van der Waals surface area (Å²) < 4.78 is 5.32. The van der Waals surface area contributed by atoms with Gasteiger partial charge in [-0.2, -0.15) is 0 Å². The Kier molecular flexibility index (Phi) is 9.66. The molecule has 3 aromatic carbocycles. The molecule has 0 bridgehead atoms. The third-order valence-electron chi connectivity index (χ3n) is 5.92. The summed E-state index contributed by atoms with van der Waals surface area (Å²) in [5.74, 6) is 0.721. The molecule has 1 amide bonds. The predicted molar refractivity (Wildman–Crippen MR) is 135 cm³/mol. The van der Waals surface area contributed by atoms with Crippen molar-refractivity contribution in [2.45, 2.75) is 45.1 Å². The summed E-state index contributed by atoms with van der Waals surface area (Å²) in [5.41, 5.74) is 4.03. The Morgan fingerprint density at radius 1 is 1.00 bits per heavy atom. The van der Waals surface area contributed by atoms with Crippen LogP contribution >= 0.6 is 0 Å². The standard InChI is InChI=1S/C28H34N2O5/c1-19(29-17-26(33)22-11-12-25(32)24(15-22)18-31)13-20-7-9-21(10-8-20)14-28(34)30-16-23-5-3-4-6-27(23)35-2/h3-12,15,19,26,29,31-33H,13-14,16-18H2,1-2H3,(H,30,34)/t19-,26-/m1/s1. The van der Waals surface area contributed by atoms with E-state index >= 15 is 0 Å². The SMILES string of the molecule is COc1ccccc1CNC(=O)Cc1ccc(C[C@@H](C)NC[C@@H](O)c2ccc(O)c(CO)c2)cc1. The monoisotopic (exact) mass is 478 g/mol. The van der Waals surface area contributed by atoms with Crippen molar-refractivity contribution in [2.24, 2.45) is 0 Å². The van der Waals surface area contributed by atoms with Gasteiger partial charge in [-0.1, -0.05) is 48.5 Å². The molecule has 0 spiro atoms. The minimum Gasteiger partial charge on any atom is -0.508 e. The Morgan fingerprint density at radius 2 is 1.71 bits per heavy atom. The Labute approximate surface area is 206 Å². The van der Waals surface area contributed by atoms with Gasteiger partial charge in [0.1, 0.15) is 11.5 Å². The van der Waals surface area contributed by atoms with Gasteiger partial charge < -0.3 is 30.7 Å². The molecule has 5 N–H and O–H groups in total. The third-order valence-corrected chi connectivity index (χ3v) is 5.92. The molecular weight excluding hydrogens is 444 g/mol. The summed E-state index contributed by atoms with van der Waals surface area (Å²) in [5, 5.41) is 35.7. The molecule has 0 aliphatic carbocycles. The molecule has 0 aromatic heterocycles. The van der Waals surface area contributed by atoms with E-state index in [1.165, 1.54) is 6.07 Å². The van der Waals surface area contributed by atoms with Gasteiger partial charge in [0.2, 0.25) is 5.91 Å². The van der Waals surface area contributed by atoms with Crippen molar-refractivity contribution in [2.75, 3.05) is 13.7 Å². The molecule has 0 saturated carbocycles. The second-order valence-electron chi connectivity index (χ2n) is 8.66. The predicted octanol–water partition coefficient (Wildman–Crippen LogP) is 3.01. The molecule has 186 valence electrons. The van der Waals surface area contributed by atoms with Crippen LogP contribution in [0.2, 0.25) is 0 Å². The van der Waals surface area contributed by atoms with Crippen molar-refractivity contribution < 1.29 is 24.9 Å². The number of ether oxygens (including phenoxy) is 1. The summed E-state index contributed by atoms with van der Waals surface area (Å²) in [6, 6.07) is 20.4. The summed E-state index contributed by atoms with van der Waals surface area (Å²) in [7, 11) is 1.62. The molecular formula is C28H34N2O5. The maximum atomic E-state index is 12.4. The second kappa shape index (κ2) is 12.9. The lowest BCUT2D eigenvalue weighted by molar-refractivity contribution is -0.120. The van der Waals surface area contributed by atoms with Crippen LogP contribution in [0.1, 0.15) is 40.8 Å². The first-order valence-corrected chi connectivity index (χ1v) is 11.7. The number of carbonyl (C=O) groups is 1. The number of phenols is 1. The number of rotatable bonds is 12. The molecule has 0 heterocycles. The van der Waals surface area contributed by atoms with E-state index in [2.05, 4.69) is 10.6 Å². The Morgan fingerprint density at radius 3 is 2.43 bits per heavy atom. The molecule has 35 heavy (non-hydrogen) atoms. The van der Waals surface area contributed by atoms with E-state index in [0.717, 1.165) is 28.9 Å². The van der Waals surface area contributed by atoms with Gasteiger partial charge in [-0.05, 0) is 48.2 Å². The minimum atomic E-state index is -0.750. The molecule has 3 rings (SSSR count). The number of carbonyl (C=O) groups excluding carboxylic acids is 1. The van der Waals surface area contributed by atoms with Gasteiger partial charge in [0, 0.05) is 30.3 Å². The molecule has 0 aliphatic rings. The smallest absolute Gasteiger partial charge is 0.224 e. The molecule has 0 aliphatic heterocycles. The number of methoxy groups -OCH3 is 1. The highest BCUT2D eigenvalue weighted by molar-refractivity contribution is 5.78. The van der Waals surface area contributed by atoms with Crippen molar-refractivity contribution in [3.63, 3.8) is 0 Å². The van der Waals surface area contributed by atoms with Crippen LogP contribution < -0.4 is 15.4 Å². The number of hydrogen-bond donors (Lipinski definition) is 5. The van der Waals surface area contributed by atoms with Gasteiger partial charge in [0.15, 0.2) is 0 Å². The fourth-order valence-electron chi connectivity index (χ4n) is 3.88. The van der Waals surface area contributed by atoms with Crippen LogP contribution in [0.3, 0.4) is 0 Å². The van der Waals surface area contributed by atoms with Crippen LogP contribution in [-0.2, 0) is 30.8 Å². The number of aliphatic hydroxyl groups excluding tert-OH is 2. The summed E-state index contributed by atoms with van der Waals surface area (Å²) in [4.78, 5) is 12.4. The Balaban J connectivity index is 1.44. The Hall–Kier alpha value is -3.39. The average molecular weight is 479 g/mol. The summed E-state index contributed by atoms with van der Waals surface area (Å²) in [6.07, 6.45) is 0.322. The van der Waals surface area contributed by atoms with Crippen LogP contribution in [0.15, 0.2) is 66.7 Å². The van der Waals surface area contributed by atoms with E-state index in [4.69, 9.17) is 4.74 Å². The lowest BCUT2D eigenvalue weighted by atomic mass is 10.0. The van der Waals surface area contributed by atoms with E-state index in [9.17, 15) is 20.1 Å². The summed E-state index contributed by atoms with van der Waals surface area (Å²) >= 11 is 0. The van der Waals surface area contributed by atoms with E-state index in [-0.39, 0.29) is 24.3 Å². The van der Waals surface area contributed by atoms with Gasteiger partial charge in [-0.25, -0.2) is 0 Å². The number of aliphatic hydroxyl groups is 2. The average Bonchev–Trinajstić information content (AvgIpc) is 2.87. The fraction of sp³-hybridized carbons (Fsp3) is 0.321. The van der Waals surface area contributed by atoms with Crippen molar-refractivity contribution in [1.82, 2.24) is 10.6 Å². The van der Waals surface area contributed by atoms with E-state index in [0.29, 0.717) is 30.6 Å². The van der Waals surface area contributed by atoms with Crippen LogP contribution in [-0.4, -0.2) is 40.9 Å². The molecule has 7 nitrogen and oxygen atoms in total. The zero-order chi connectivity index (χ0) is 25.2. The van der Waals surface area contributed by atoms with E-state index < -0.39 is 6.10 Å². The second-order valence-corrected chi connectivity index (χ2v) is 8.66. The highest BCUT2D eigenvalue weighted by Crippen LogP contribution is 2.22. The molecule has 2 atom stereocenters. The van der Waals surface area contributed by atoms with Crippen molar-refractivity contribution in [3.8, 4) is 11.5 Å². The zero-order valence-electron chi connectivity index (χ0n) is 20.2. The van der Waals surface area contributed by atoms with E-state index in [1.807, 2.05) is 55.5 Å². The lowest BCUT2D eigenvalue weighted by Gasteiger charge is -2.18. The van der Waals surface area contributed by atoms with Gasteiger partial charge in [0.25, 0.3) is 0 Å². The highest BCUT2D eigenvalue weighted by atomic mass is 16.5. The van der Waals surface area contributed by atoms with Crippen molar-refractivity contribution in [1.29, 1.82) is 0 Å². The maximum Gasteiger partial charge on any atom is 0.224 e. The number of para-hydroxylation sites is 1. The first-order valence-electron chi connectivity index (χ1n) is 11.7. The molecule has 7 heteroatoms. The maximum absolute atomic E-state index is 12.4. The molecule has 0 unspecified atom stereocenters. The van der Waals surface area contributed by atoms with Crippen LogP contribution in [0.25, 0.3) is 0 Å². The number of benzene rings is 3. The molecule has 0 saturated heterocycles. The highest BCUT2D eigenvalue weighted by Gasteiger charge is 2.13. The van der Waals surface area contributed by atoms with Gasteiger partial charge >= 0.3 is 0 Å². The molecule has 0 radical (unpaired) electrons. The fourth-order valence-corrected chi connectivity index (χ4v) is 3.88. The van der Waals surface area contributed by atoms with Crippen molar-refractivity contribution >= 4 is 5.91 Å². The first kappa shape index (κ1) is 26.2. The van der Waals surface area contributed by atoms with Crippen LogP contribution in [0.4, 0.5) is 0 Å². The van der Waals surface area contributed by atoms with Crippen LogP contribution in [0, 0.1) is 0 Å². The van der Waals surface area contributed by atoms with Crippen LogP contribution in [0.5, 0.6) is 11.5 Å². The topological polar surface area (TPSA) is 111 Å². The quantitative estimate of drug-likeness (QED) is 0.274. The largest absolute Gasteiger partial charge is 0.508 e. The molecule has 0 fully saturated rings. The molecule has 3 aromatic rings. The first-order chi connectivity index (χ1) is 16.9. The minimum absolute atomic E-state index is 0.0159. The van der Waals surface area contributed by atoms with Crippen molar-refractivity contribution in [3.05, 3.63) is 94.5 Å². The lowest BCUT2D eigenvalue weighted by Crippen LogP contribution is -2.32. The van der Waals surface area contributed by atoms with E-state index in [1.54, 1.807) is 19.2 Å². The zero-order valence-corrected chi connectivity index (χ0v) is 20.2. The number of aromatic hydroxyl groups is 1. The number of nitrogens with one attached hydrogen (secondary N) is 2. The van der Waals surface area contributed by atoms with Gasteiger partial charge in [-0.15, -0.1) is 0 Å². The Bertz CT molecular complexity index is 1100. The van der Waals surface area contributed by atoms with Gasteiger partial charge in [-0.3, -0.25) is 4.79 Å². The van der Waals surface area contributed by atoms with Gasteiger partial charge in [0.05, 0.1) is 26.2 Å². The summed E-state index contributed by atoms with van der Waals surface area (Å²) in [6.45, 7) is 2.53.